The van der Waals surface area contributed by atoms with Crippen LogP contribution >= 0.6 is 0 Å². The van der Waals surface area contributed by atoms with E-state index in [9.17, 15) is 9.59 Å². The molecule has 1 amide bonds. The van der Waals surface area contributed by atoms with Crippen LogP contribution in [0.25, 0.3) is 0 Å². The largest absolute Gasteiger partial charge is 0.370 e. The Morgan fingerprint density at radius 2 is 2.28 bits per heavy atom. The summed E-state index contributed by atoms with van der Waals surface area (Å²) >= 11 is 0. The van der Waals surface area contributed by atoms with Crippen molar-refractivity contribution in [2.75, 3.05) is 11.9 Å². The quantitative estimate of drug-likeness (QED) is 0.620. The molecule has 6 heteroatoms. The molecule has 6 nitrogen and oxygen atoms in total. The Morgan fingerprint density at radius 1 is 1.50 bits per heavy atom. The van der Waals surface area contributed by atoms with E-state index in [0.29, 0.717) is 24.7 Å². The maximum atomic E-state index is 11.4. The van der Waals surface area contributed by atoms with Crippen LogP contribution in [0.2, 0.25) is 0 Å². The molecular weight excluding hydrogens is 232 g/mol. The Balaban J connectivity index is 1.81. The molecule has 0 radical (unpaired) electrons. The van der Waals surface area contributed by atoms with Gasteiger partial charge in [-0.3, -0.25) is 9.59 Å². The van der Waals surface area contributed by atoms with Gasteiger partial charge in [-0.1, -0.05) is 0 Å². The molecule has 0 bridgehead atoms. The SMILES string of the molecule is NC(=O)CCCCNc1cc(=O)[nH]c(C2CC2)n1. The first-order valence-corrected chi connectivity index (χ1v) is 6.28. The van der Waals surface area contributed by atoms with E-state index in [1.54, 1.807) is 0 Å². The highest BCUT2D eigenvalue weighted by Gasteiger charge is 2.26. The van der Waals surface area contributed by atoms with Gasteiger partial charge in [0.1, 0.15) is 11.6 Å². The highest BCUT2D eigenvalue weighted by Crippen LogP contribution is 2.37. The molecule has 0 atom stereocenters. The van der Waals surface area contributed by atoms with Crippen LogP contribution in [-0.4, -0.2) is 22.4 Å². The minimum Gasteiger partial charge on any atom is -0.370 e. The number of hydrogen-bond acceptors (Lipinski definition) is 4. The van der Waals surface area contributed by atoms with E-state index in [0.717, 1.165) is 31.5 Å². The molecule has 1 aromatic rings. The Labute approximate surface area is 105 Å². The van der Waals surface area contributed by atoms with Crippen molar-refractivity contribution in [3.05, 3.63) is 22.2 Å². The first kappa shape index (κ1) is 12.6. The fourth-order valence-electron chi connectivity index (χ4n) is 1.76. The first-order chi connectivity index (χ1) is 8.65. The number of hydrogen-bond donors (Lipinski definition) is 3. The summed E-state index contributed by atoms with van der Waals surface area (Å²) in [5.74, 6) is 1.54. The number of carbonyl (C=O) groups excluding carboxylic acids is 1. The lowest BCUT2D eigenvalue weighted by Gasteiger charge is -2.06. The molecule has 1 aliphatic rings. The summed E-state index contributed by atoms with van der Waals surface area (Å²) in [6.45, 7) is 0.688. The Kier molecular flexibility index (Phi) is 3.96. The number of rotatable bonds is 7. The summed E-state index contributed by atoms with van der Waals surface area (Å²) in [5, 5.41) is 3.10. The van der Waals surface area contributed by atoms with Crippen molar-refractivity contribution in [3.8, 4) is 0 Å². The minimum atomic E-state index is -0.277. The van der Waals surface area contributed by atoms with Gasteiger partial charge in [-0.2, -0.15) is 0 Å². The van der Waals surface area contributed by atoms with Crippen LogP contribution in [0.1, 0.15) is 43.8 Å². The molecule has 98 valence electrons. The predicted octanol–water partition coefficient (Wildman–Crippen LogP) is 0.715. The highest BCUT2D eigenvalue weighted by atomic mass is 16.1. The van der Waals surface area contributed by atoms with E-state index < -0.39 is 0 Å². The molecule has 18 heavy (non-hydrogen) atoms. The molecular formula is C12H18N4O2. The molecule has 1 heterocycles. The van der Waals surface area contributed by atoms with Gasteiger partial charge in [0.15, 0.2) is 0 Å². The van der Waals surface area contributed by atoms with E-state index in [2.05, 4.69) is 15.3 Å². The molecule has 0 saturated heterocycles. The summed E-state index contributed by atoms with van der Waals surface area (Å²) < 4.78 is 0. The molecule has 1 fully saturated rings. The fraction of sp³-hybridized carbons (Fsp3) is 0.583. The van der Waals surface area contributed by atoms with E-state index in [1.165, 1.54) is 6.07 Å². The van der Waals surface area contributed by atoms with Crippen LogP contribution in [0, 0.1) is 0 Å². The maximum absolute atomic E-state index is 11.4. The maximum Gasteiger partial charge on any atom is 0.252 e. The number of H-pyrrole nitrogens is 1. The van der Waals surface area contributed by atoms with Crippen molar-refractivity contribution in [2.24, 2.45) is 5.73 Å². The first-order valence-electron chi connectivity index (χ1n) is 6.28. The summed E-state index contributed by atoms with van der Waals surface area (Å²) in [6, 6.07) is 1.46. The number of aromatic nitrogens is 2. The Morgan fingerprint density at radius 3 is 2.94 bits per heavy atom. The van der Waals surface area contributed by atoms with Gasteiger partial charge in [0.05, 0.1) is 0 Å². The smallest absolute Gasteiger partial charge is 0.252 e. The summed E-state index contributed by atoms with van der Waals surface area (Å²) in [4.78, 5) is 29.1. The Bertz CT molecular complexity index is 479. The number of carbonyl (C=O) groups is 1. The molecule has 1 aromatic heterocycles. The zero-order chi connectivity index (χ0) is 13.0. The molecule has 0 aromatic carbocycles. The monoisotopic (exact) mass is 250 g/mol. The second-order valence-electron chi connectivity index (χ2n) is 4.64. The van der Waals surface area contributed by atoms with E-state index >= 15 is 0 Å². The van der Waals surface area contributed by atoms with Gasteiger partial charge in [-0.05, 0) is 25.7 Å². The van der Waals surface area contributed by atoms with Crippen LogP contribution < -0.4 is 16.6 Å². The van der Waals surface area contributed by atoms with E-state index in [1.807, 2.05) is 0 Å². The molecule has 4 N–H and O–H groups in total. The van der Waals surface area contributed by atoms with Gasteiger partial charge < -0.3 is 16.0 Å². The second-order valence-corrected chi connectivity index (χ2v) is 4.64. The predicted molar refractivity (Wildman–Crippen MR) is 68.4 cm³/mol. The number of nitrogens with two attached hydrogens (primary N) is 1. The third-order valence-electron chi connectivity index (χ3n) is 2.88. The fourth-order valence-corrected chi connectivity index (χ4v) is 1.76. The molecule has 0 spiro atoms. The van der Waals surface area contributed by atoms with Crippen LogP contribution in [0.4, 0.5) is 5.82 Å². The van der Waals surface area contributed by atoms with Crippen LogP contribution in [0.5, 0.6) is 0 Å². The average Bonchev–Trinajstić information content (AvgIpc) is 3.11. The lowest BCUT2D eigenvalue weighted by Crippen LogP contribution is -2.14. The lowest BCUT2D eigenvalue weighted by molar-refractivity contribution is -0.118. The minimum absolute atomic E-state index is 0.119. The normalized spacial score (nSPS) is 14.4. The molecule has 0 unspecified atom stereocenters. The van der Waals surface area contributed by atoms with Crippen molar-refractivity contribution in [1.82, 2.24) is 9.97 Å². The average molecular weight is 250 g/mol. The zero-order valence-corrected chi connectivity index (χ0v) is 10.2. The van der Waals surface area contributed by atoms with Crippen molar-refractivity contribution in [2.45, 2.75) is 38.0 Å². The zero-order valence-electron chi connectivity index (χ0n) is 10.2. The summed E-state index contributed by atoms with van der Waals surface area (Å²) in [5.41, 5.74) is 4.93. The number of unbranched alkanes of at least 4 members (excludes halogenated alkanes) is 1. The van der Waals surface area contributed by atoms with Crippen molar-refractivity contribution < 1.29 is 4.79 Å². The van der Waals surface area contributed by atoms with Crippen molar-refractivity contribution in [1.29, 1.82) is 0 Å². The topological polar surface area (TPSA) is 101 Å². The molecule has 1 aliphatic carbocycles. The van der Waals surface area contributed by atoms with Crippen LogP contribution in [0.3, 0.4) is 0 Å². The van der Waals surface area contributed by atoms with Gasteiger partial charge in [0, 0.05) is 24.9 Å². The number of anilines is 1. The van der Waals surface area contributed by atoms with E-state index in [4.69, 9.17) is 5.73 Å². The number of nitrogens with one attached hydrogen (secondary N) is 2. The van der Waals surface area contributed by atoms with Gasteiger partial charge in [-0.15, -0.1) is 0 Å². The lowest BCUT2D eigenvalue weighted by atomic mass is 10.2. The number of nitrogens with zero attached hydrogens (tertiary/aromatic N) is 1. The molecule has 0 aliphatic heterocycles. The van der Waals surface area contributed by atoms with Gasteiger partial charge in [0.2, 0.25) is 5.91 Å². The van der Waals surface area contributed by atoms with Gasteiger partial charge in [-0.25, -0.2) is 4.98 Å². The van der Waals surface area contributed by atoms with Crippen LogP contribution in [-0.2, 0) is 4.79 Å². The molecule has 1 saturated carbocycles. The number of primary amides is 1. The second kappa shape index (κ2) is 5.66. The number of aromatic amines is 1. The molecule has 2 rings (SSSR count). The third kappa shape index (κ3) is 3.87. The highest BCUT2D eigenvalue weighted by molar-refractivity contribution is 5.73. The summed E-state index contributed by atoms with van der Waals surface area (Å²) in [6.07, 6.45) is 4.19. The third-order valence-corrected chi connectivity index (χ3v) is 2.88. The number of amides is 1. The standard InChI is InChI=1S/C12H18N4O2/c13-9(17)3-1-2-6-14-10-7-11(18)16-12(15-10)8-4-5-8/h7-8H,1-6H2,(H2,13,17)(H2,14,15,16,18). The summed E-state index contributed by atoms with van der Waals surface area (Å²) in [7, 11) is 0. The van der Waals surface area contributed by atoms with Crippen molar-refractivity contribution >= 4 is 11.7 Å². The van der Waals surface area contributed by atoms with Gasteiger partial charge >= 0.3 is 0 Å². The Hall–Kier alpha value is -1.85. The van der Waals surface area contributed by atoms with Gasteiger partial charge in [0.25, 0.3) is 5.56 Å². The van der Waals surface area contributed by atoms with Crippen LogP contribution in [0.15, 0.2) is 10.9 Å². The van der Waals surface area contributed by atoms with Crippen molar-refractivity contribution in [3.63, 3.8) is 0 Å². The van der Waals surface area contributed by atoms with E-state index in [-0.39, 0.29) is 11.5 Å².